The Morgan fingerprint density at radius 1 is 1.15 bits per heavy atom. The van der Waals surface area contributed by atoms with Gasteiger partial charge in [0.1, 0.15) is 0 Å². The first-order valence-corrected chi connectivity index (χ1v) is 11.6. The molecule has 34 heavy (non-hydrogen) atoms. The summed E-state index contributed by atoms with van der Waals surface area (Å²) in [7, 11) is 1.67. The molecule has 1 atom stereocenters. The summed E-state index contributed by atoms with van der Waals surface area (Å²) in [5.41, 5.74) is 1.54. The number of allylic oxidation sites excluding steroid dienone is 4. The average Bonchev–Trinajstić information content (AvgIpc) is 3.46. The van der Waals surface area contributed by atoms with Gasteiger partial charge in [0.25, 0.3) is 0 Å². The van der Waals surface area contributed by atoms with E-state index in [2.05, 4.69) is 5.10 Å². The Kier molecular flexibility index (Phi) is 7.05. The van der Waals surface area contributed by atoms with Gasteiger partial charge in [0.05, 0.1) is 6.54 Å². The molecule has 8 heteroatoms. The van der Waals surface area contributed by atoms with E-state index < -0.39 is 17.8 Å². The number of ketones is 1. The van der Waals surface area contributed by atoms with E-state index in [4.69, 9.17) is 0 Å². The van der Waals surface area contributed by atoms with Gasteiger partial charge in [-0.15, -0.1) is 0 Å². The molecule has 4 rings (SSSR count). The smallest absolute Gasteiger partial charge is 0.315 e. The SMILES string of the molecule is CN(C(=O)C(CC(=O)Cn1nc(C(F)(F)F)c2c1CCCC2)CC1=CCC=C1)c1ccccc1. The van der Waals surface area contributed by atoms with Crippen LogP contribution in [0.3, 0.4) is 0 Å². The van der Waals surface area contributed by atoms with Crippen LogP contribution in [0.25, 0.3) is 0 Å². The number of rotatable bonds is 8. The minimum absolute atomic E-state index is 0.0584. The van der Waals surface area contributed by atoms with Crippen molar-refractivity contribution >= 4 is 17.4 Å². The lowest BCUT2D eigenvalue weighted by Gasteiger charge is -2.24. The standard InChI is InChI=1S/C26H28F3N3O2/c1-31(20-11-3-2-4-12-20)25(34)19(15-18-9-5-6-10-18)16-21(33)17-32-23-14-8-7-13-22(23)24(30-32)26(27,28)29/h2-5,9-12,19H,6-8,13-17H2,1H3. The summed E-state index contributed by atoms with van der Waals surface area (Å²) in [5.74, 6) is -1.11. The highest BCUT2D eigenvalue weighted by molar-refractivity contribution is 5.97. The number of aromatic nitrogens is 2. The normalized spacial score (nSPS) is 16.2. The van der Waals surface area contributed by atoms with Gasteiger partial charge in [-0.25, -0.2) is 0 Å². The van der Waals surface area contributed by atoms with Crippen LogP contribution < -0.4 is 4.90 Å². The zero-order valence-corrected chi connectivity index (χ0v) is 19.1. The molecule has 0 saturated carbocycles. The highest BCUT2D eigenvalue weighted by atomic mass is 19.4. The first-order valence-electron chi connectivity index (χ1n) is 11.6. The van der Waals surface area contributed by atoms with E-state index >= 15 is 0 Å². The number of carbonyl (C=O) groups excluding carboxylic acids is 2. The third kappa shape index (κ3) is 5.32. The Morgan fingerprint density at radius 2 is 1.88 bits per heavy atom. The average molecular weight is 472 g/mol. The van der Waals surface area contributed by atoms with Crippen LogP contribution in [0.1, 0.15) is 49.1 Å². The lowest BCUT2D eigenvalue weighted by molar-refractivity contribution is -0.142. The second-order valence-corrected chi connectivity index (χ2v) is 8.93. The van der Waals surface area contributed by atoms with Crippen molar-refractivity contribution in [2.45, 2.75) is 57.7 Å². The fourth-order valence-electron chi connectivity index (χ4n) is 4.78. The Balaban J connectivity index is 1.54. The molecule has 0 spiro atoms. The van der Waals surface area contributed by atoms with Crippen LogP contribution >= 0.6 is 0 Å². The van der Waals surface area contributed by atoms with E-state index in [0.717, 1.165) is 24.1 Å². The second kappa shape index (κ2) is 9.99. The zero-order chi connectivity index (χ0) is 24.3. The summed E-state index contributed by atoms with van der Waals surface area (Å²) >= 11 is 0. The van der Waals surface area contributed by atoms with Crippen LogP contribution in [0.4, 0.5) is 18.9 Å². The number of carbonyl (C=O) groups is 2. The van der Waals surface area contributed by atoms with Crippen LogP contribution in [0.2, 0.25) is 0 Å². The molecule has 180 valence electrons. The number of alkyl halides is 3. The molecule has 1 aromatic carbocycles. The zero-order valence-electron chi connectivity index (χ0n) is 19.1. The lowest BCUT2D eigenvalue weighted by atomic mass is 9.92. The van der Waals surface area contributed by atoms with E-state index in [1.165, 1.54) is 9.58 Å². The number of benzene rings is 1. The van der Waals surface area contributed by atoms with Gasteiger partial charge in [0.15, 0.2) is 11.5 Å². The van der Waals surface area contributed by atoms with Crippen molar-refractivity contribution in [2.75, 3.05) is 11.9 Å². The van der Waals surface area contributed by atoms with Crippen LogP contribution in [0.15, 0.2) is 54.1 Å². The summed E-state index contributed by atoms with van der Waals surface area (Å²) in [6, 6.07) is 9.17. The summed E-state index contributed by atoms with van der Waals surface area (Å²) in [6.07, 6.45) is 4.80. The molecule has 1 amide bonds. The van der Waals surface area contributed by atoms with Crippen molar-refractivity contribution in [3.05, 3.63) is 71.1 Å². The third-order valence-electron chi connectivity index (χ3n) is 6.48. The van der Waals surface area contributed by atoms with Gasteiger partial charge < -0.3 is 4.90 Å². The number of anilines is 1. The Morgan fingerprint density at radius 3 is 2.56 bits per heavy atom. The number of amides is 1. The summed E-state index contributed by atoms with van der Waals surface area (Å²) in [6.45, 7) is -0.258. The lowest BCUT2D eigenvalue weighted by Crippen LogP contribution is -2.35. The maximum atomic E-state index is 13.5. The number of fused-ring (bicyclic) bond motifs is 1. The molecule has 5 nitrogen and oxygen atoms in total. The fraction of sp³-hybridized carbons (Fsp3) is 0.423. The predicted molar refractivity (Wildman–Crippen MR) is 123 cm³/mol. The van der Waals surface area contributed by atoms with Crippen LogP contribution in [-0.2, 0) is 35.2 Å². The molecule has 0 aliphatic heterocycles. The van der Waals surface area contributed by atoms with E-state index in [9.17, 15) is 22.8 Å². The van der Waals surface area contributed by atoms with Crippen molar-refractivity contribution in [3.63, 3.8) is 0 Å². The van der Waals surface area contributed by atoms with Crippen LogP contribution in [-0.4, -0.2) is 28.5 Å². The second-order valence-electron chi connectivity index (χ2n) is 8.93. The van der Waals surface area contributed by atoms with Crippen molar-refractivity contribution < 1.29 is 22.8 Å². The molecule has 0 saturated heterocycles. The Bertz CT molecular complexity index is 1120. The molecular formula is C26H28F3N3O2. The van der Waals surface area contributed by atoms with Crippen molar-refractivity contribution in [1.29, 1.82) is 0 Å². The number of hydrogen-bond donors (Lipinski definition) is 0. The van der Waals surface area contributed by atoms with E-state index in [1.54, 1.807) is 7.05 Å². The molecule has 2 aliphatic carbocycles. The van der Waals surface area contributed by atoms with Gasteiger partial charge >= 0.3 is 6.18 Å². The van der Waals surface area contributed by atoms with Gasteiger partial charge in [0, 0.05) is 36.3 Å². The fourth-order valence-corrected chi connectivity index (χ4v) is 4.78. The topological polar surface area (TPSA) is 55.2 Å². The molecule has 1 unspecified atom stereocenters. The summed E-state index contributed by atoms with van der Waals surface area (Å²) in [4.78, 5) is 27.9. The number of Topliss-reactive ketones (excluding diaryl/α,β-unsaturated/α-hetero) is 1. The molecule has 1 aromatic heterocycles. The highest BCUT2D eigenvalue weighted by Crippen LogP contribution is 2.36. The van der Waals surface area contributed by atoms with Crippen molar-refractivity contribution in [3.8, 4) is 0 Å². The van der Waals surface area contributed by atoms with Gasteiger partial charge in [-0.1, -0.05) is 42.0 Å². The predicted octanol–water partition coefficient (Wildman–Crippen LogP) is 5.30. The first-order chi connectivity index (χ1) is 16.2. The van der Waals surface area contributed by atoms with Crippen molar-refractivity contribution in [2.24, 2.45) is 5.92 Å². The van der Waals surface area contributed by atoms with E-state index in [1.807, 2.05) is 48.6 Å². The van der Waals surface area contributed by atoms with Crippen molar-refractivity contribution in [1.82, 2.24) is 9.78 Å². The molecule has 0 N–H and O–H groups in total. The number of nitrogens with zero attached hydrogens (tertiary/aromatic N) is 3. The van der Waals surface area contributed by atoms with E-state index in [-0.39, 0.29) is 30.2 Å². The molecule has 0 radical (unpaired) electrons. The monoisotopic (exact) mass is 471 g/mol. The molecular weight excluding hydrogens is 443 g/mol. The third-order valence-corrected chi connectivity index (χ3v) is 6.48. The highest BCUT2D eigenvalue weighted by Gasteiger charge is 2.39. The van der Waals surface area contributed by atoms with Gasteiger partial charge in [-0.05, 0) is 50.7 Å². The minimum atomic E-state index is -4.55. The first kappa shape index (κ1) is 24.0. The molecule has 0 bridgehead atoms. The minimum Gasteiger partial charge on any atom is -0.315 e. The molecule has 1 heterocycles. The largest absolute Gasteiger partial charge is 0.435 e. The molecule has 2 aliphatic rings. The van der Waals surface area contributed by atoms with Gasteiger partial charge in [-0.3, -0.25) is 14.3 Å². The maximum absolute atomic E-state index is 13.5. The summed E-state index contributed by atoms with van der Waals surface area (Å²) in [5, 5.41) is 3.79. The Hall–Kier alpha value is -3.16. The number of hydrogen-bond acceptors (Lipinski definition) is 3. The summed E-state index contributed by atoms with van der Waals surface area (Å²) < 4.78 is 41.7. The maximum Gasteiger partial charge on any atom is 0.435 e. The number of para-hydroxylation sites is 1. The molecule has 2 aromatic rings. The van der Waals surface area contributed by atoms with Crippen LogP contribution in [0, 0.1) is 5.92 Å². The van der Waals surface area contributed by atoms with Gasteiger partial charge in [-0.2, -0.15) is 18.3 Å². The van der Waals surface area contributed by atoms with Crippen LogP contribution in [0.5, 0.6) is 0 Å². The Labute approximate surface area is 196 Å². The van der Waals surface area contributed by atoms with E-state index in [0.29, 0.717) is 31.4 Å². The van der Waals surface area contributed by atoms with Gasteiger partial charge in [0.2, 0.25) is 5.91 Å². The number of halogens is 3. The molecule has 0 fully saturated rings. The quantitative estimate of drug-likeness (QED) is 0.525.